The van der Waals surface area contributed by atoms with Crippen LogP contribution in [-0.4, -0.2) is 48.6 Å². The van der Waals surface area contributed by atoms with Crippen LogP contribution in [-0.2, 0) is 4.74 Å². The van der Waals surface area contributed by atoms with E-state index in [-0.39, 0.29) is 23.2 Å². The van der Waals surface area contributed by atoms with Gasteiger partial charge in [0.2, 0.25) is 0 Å². The predicted molar refractivity (Wildman–Crippen MR) is 102 cm³/mol. The number of carbonyl (C=O) groups is 1. The molecule has 1 aliphatic rings. The van der Waals surface area contributed by atoms with Crippen molar-refractivity contribution in [3.05, 3.63) is 75.3 Å². The third-order valence-electron chi connectivity index (χ3n) is 4.72. The number of carbonyl (C=O) groups excluding carboxylic acids is 1. The van der Waals surface area contributed by atoms with Crippen molar-refractivity contribution in [1.29, 1.82) is 0 Å². The van der Waals surface area contributed by atoms with Gasteiger partial charge in [0.15, 0.2) is 0 Å². The van der Waals surface area contributed by atoms with Crippen molar-refractivity contribution in [2.75, 3.05) is 32.8 Å². The van der Waals surface area contributed by atoms with Crippen LogP contribution in [0.1, 0.15) is 27.5 Å². The standard InChI is InChI=1S/C20H23N3O4/c1-15-7-8-17(13-19(15)23(25)26)20(24)21-18(16-5-3-2-4-6-16)14-22-9-11-27-12-10-22/h2-8,13,18H,9-12,14H2,1H3,(H,21,24)/t18-/m0/s1. The van der Waals surface area contributed by atoms with Gasteiger partial charge in [-0.05, 0) is 18.6 Å². The normalized spacial score (nSPS) is 15.9. The monoisotopic (exact) mass is 369 g/mol. The first-order valence-electron chi connectivity index (χ1n) is 8.95. The van der Waals surface area contributed by atoms with Gasteiger partial charge >= 0.3 is 0 Å². The molecule has 1 saturated heterocycles. The molecular weight excluding hydrogens is 346 g/mol. The molecule has 1 N–H and O–H groups in total. The zero-order valence-electron chi connectivity index (χ0n) is 15.3. The van der Waals surface area contributed by atoms with Crippen molar-refractivity contribution < 1.29 is 14.5 Å². The van der Waals surface area contributed by atoms with Gasteiger partial charge in [-0.15, -0.1) is 0 Å². The van der Waals surface area contributed by atoms with Gasteiger partial charge in [-0.25, -0.2) is 0 Å². The summed E-state index contributed by atoms with van der Waals surface area (Å²) < 4.78 is 5.39. The van der Waals surface area contributed by atoms with E-state index in [1.54, 1.807) is 19.1 Å². The van der Waals surface area contributed by atoms with E-state index in [0.29, 0.717) is 25.3 Å². The zero-order chi connectivity index (χ0) is 19.2. The second-order valence-corrected chi connectivity index (χ2v) is 6.61. The molecule has 0 saturated carbocycles. The minimum absolute atomic E-state index is 0.0490. The highest BCUT2D eigenvalue weighted by molar-refractivity contribution is 5.95. The van der Waals surface area contributed by atoms with Crippen molar-refractivity contribution in [2.24, 2.45) is 0 Å². The number of hydrogen-bond donors (Lipinski definition) is 1. The Bertz CT molecular complexity index is 804. The maximum absolute atomic E-state index is 12.8. The summed E-state index contributed by atoms with van der Waals surface area (Å²) in [5.41, 5.74) is 1.77. The number of nitrogens with one attached hydrogen (secondary N) is 1. The van der Waals surface area contributed by atoms with Crippen LogP contribution in [0.5, 0.6) is 0 Å². The van der Waals surface area contributed by atoms with E-state index < -0.39 is 4.92 Å². The molecule has 0 aromatic heterocycles. The zero-order valence-corrected chi connectivity index (χ0v) is 15.3. The molecule has 1 aliphatic heterocycles. The van der Waals surface area contributed by atoms with E-state index in [9.17, 15) is 14.9 Å². The molecule has 7 nitrogen and oxygen atoms in total. The molecule has 1 amide bonds. The fourth-order valence-corrected chi connectivity index (χ4v) is 3.15. The molecule has 1 heterocycles. The average molecular weight is 369 g/mol. The number of rotatable bonds is 6. The van der Waals surface area contributed by atoms with Crippen molar-refractivity contribution in [3.63, 3.8) is 0 Å². The van der Waals surface area contributed by atoms with E-state index in [2.05, 4.69) is 10.2 Å². The number of nitro groups is 1. The van der Waals surface area contributed by atoms with Gasteiger partial charge in [0, 0.05) is 36.8 Å². The van der Waals surface area contributed by atoms with Crippen molar-refractivity contribution in [1.82, 2.24) is 10.2 Å². The smallest absolute Gasteiger partial charge is 0.273 e. The Kier molecular flexibility index (Phi) is 6.16. The summed E-state index contributed by atoms with van der Waals surface area (Å²) in [4.78, 5) is 25.7. The molecule has 3 rings (SSSR count). The van der Waals surface area contributed by atoms with Crippen LogP contribution >= 0.6 is 0 Å². The van der Waals surface area contributed by atoms with E-state index in [1.807, 2.05) is 30.3 Å². The Labute approximate surface area is 158 Å². The Morgan fingerprint density at radius 3 is 2.59 bits per heavy atom. The second-order valence-electron chi connectivity index (χ2n) is 6.61. The van der Waals surface area contributed by atoms with Gasteiger partial charge in [0.05, 0.1) is 24.2 Å². The highest BCUT2D eigenvalue weighted by Gasteiger charge is 2.22. The first-order chi connectivity index (χ1) is 13.0. The van der Waals surface area contributed by atoms with Crippen molar-refractivity contribution in [3.8, 4) is 0 Å². The fourth-order valence-electron chi connectivity index (χ4n) is 3.15. The molecular formula is C20H23N3O4. The molecule has 0 unspecified atom stereocenters. The molecule has 2 aromatic carbocycles. The minimum atomic E-state index is -0.464. The molecule has 0 spiro atoms. The predicted octanol–water partition coefficient (Wildman–Crippen LogP) is 2.71. The van der Waals surface area contributed by atoms with Crippen LogP contribution in [0.4, 0.5) is 5.69 Å². The quantitative estimate of drug-likeness (QED) is 0.625. The van der Waals surface area contributed by atoms with Crippen LogP contribution in [0, 0.1) is 17.0 Å². The summed E-state index contributed by atoms with van der Waals surface area (Å²) in [6, 6.07) is 14.1. The van der Waals surface area contributed by atoms with E-state index in [4.69, 9.17) is 4.74 Å². The Morgan fingerprint density at radius 2 is 1.93 bits per heavy atom. The highest BCUT2D eigenvalue weighted by Crippen LogP contribution is 2.21. The number of hydrogen-bond acceptors (Lipinski definition) is 5. The minimum Gasteiger partial charge on any atom is -0.379 e. The lowest BCUT2D eigenvalue weighted by molar-refractivity contribution is -0.385. The molecule has 27 heavy (non-hydrogen) atoms. The molecule has 0 aliphatic carbocycles. The van der Waals surface area contributed by atoms with Gasteiger partial charge < -0.3 is 10.1 Å². The molecule has 0 bridgehead atoms. The summed E-state index contributed by atoms with van der Waals surface area (Å²) in [6.45, 7) is 5.31. The second kappa shape index (κ2) is 8.75. The van der Waals surface area contributed by atoms with Gasteiger partial charge in [0.1, 0.15) is 0 Å². The SMILES string of the molecule is Cc1ccc(C(=O)N[C@@H](CN2CCOCC2)c2ccccc2)cc1[N+](=O)[O-]. The summed E-state index contributed by atoms with van der Waals surface area (Å²) in [5, 5.41) is 14.2. The number of amides is 1. The van der Waals surface area contributed by atoms with Gasteiger partial charge in [-0.1, -0.05) is 36.4 Å². The summed E-state index contributed by atoms with van der Waals surface area (Å²) in [5.74, 6) is -0.319. The van der Waals surface area contributed by atoms with E-state index in [1.165, 1.54) is 6.07 Å². The van der Waals surface area contributed by atoms with Gasteiger partial charge in [-0.2, -0.15) is 0 Å². The summed E-state index contributed by atoms with van der Waals surface area (Å²) in [6.07, 6.45) is 0. The Morgan fingerprint density at radius 1 is 1.22 bits per heavy atom. The molecule has 1 atom stereocenters. The Hall–Kier alpha value is -2.77. The maximum Gasteiger partial charge on any atom is 0.273 e. The van der Waals surface area contributed by atoms with Crippen LogP contribution < -0.4 is 5.32 Å². The number of aryl methyl sites for hydroxylation is 1. The number of ether oxygens (including phenoxy) is 1. The fraction of sp³-hybridized carbons (Fsp3) is 0.350. The first kappa shape index (κ1) is 19.0. The Balaban J connectivity index is 1.79. The van der Waals surface area contributed by atoms with Gasteiger partial charge in [0.25, 0.3) is 11.6 Å². The van der Waals surface area contributed by atoms with Crippen LogP contribution in [0.15, 0.2) is 48.5 Å². The maximum atomic E-state index is 12.8. The third kappa shape index (κ3) is 4.90. The summed E-state index contributed by atoms with van der Waals surface area (Å²) >= 11 is 0. The lowest BCUT2D eigenvalue weighted by Gasteiger charge is -2.31. The number of nitro benzene ring substituents is 1. The topological polar surface area (TPSA) is 84.7 Å². The van der Waals surface area contributed by atoms with Crippen LogP contribution in [0.2, 0.25) is 0 Å². The average Bonchev–Trinajstić information content (AvgIpc) is 2.69. The highest BCUT2D eigenvalue weighted by atomic mass is 16.6. The number of benzene rings is 2. The van der Waals surface area contributed by atoms with E-state index in [0.717, 1.165) is 18.7 Å². The molecule has 2 aromatic rings. The lowest BCUT2D eigenvalue weighted by Crippen LogP contribution is -2.43. The number of morpholine rings is 1. The third-order valence-corrected chi connectivity index (χ3v) is 4.72. The molecule has 1 fully saturated rings. The van der Waals surface area contributed by atoms with Gasteiger partial charge in [-0.3, -0.25) is 19.8 Å². The molecule has 7 heteroatoms. The van der Waals surface area contributed by atoms with E-state index >= 15 is 0 Å². The van der Waals surface area contributed by atoms with Crippen LogP contribution in [0.25, 0.3) is 0 Å². The van der Waals surface area contributed by atoms with Crippen molar-refractivity contribution >= 4 is 11.6 Å². The molecule has 0 radical (unpaired) electrons. The van der Waals surface area contributed by atoms with Crippen LogP contribution in [0.3, 0.4) is 0 Å². The lowest BCUT2D eigenvalue weighted by atomic mass is 10.0. The number of nitrogens with zero attached hydrogens (tertiary/aromatic N) is 2. The van der Waals surface area contributed by atoms with Crippen molar-refractivity contribution in [2.45, 2.75) is 13.0 Å². The molecule has 142 valence electrons. The summed E-state index contributed by atoms with van der Waals surface area (Å²) in [7, 11) is 0. The first-order valence-corrected chi connectivity index (χ1v) is 8.95. The largest absolute Gasteiger partial charge is 0.379 e.